The molecular weight excluding hydrogens is 952 g/mol. The number of carbonyl (C=O) groups excluding carboxylic acids is 2. The van der Waals surface area contributed by atoms with Gasteiger partial charge in [-0.1, -0.05) is 127 Å². The van der Waals surface area contributed by atoms with E-state index in [0.29, 0.717) is 12.8 Å². The summed E-state index contributed by atoms with van der Waals surface area (Å²) in [5, 5.41) is 63.9. The molecule has 0 spiro atoms. The summed E-state index contributed by atoms with van der Waals surface area (Å²) in [4.78, 5) is 31.6. The van der Waals surface area contributed by atoms with Gasteiger partial charge < -0.3 is 49.5 Å². The zero-order valence-electron chi connectivity index (χ0n) is 46.7. The third-order valence-electron chi connectivity index (χ3n) is 16.5. The summed E-state index contributed by atoms with van der Waals surface area (Å²) in [6.45, 7) is 13.6. The van der Waals surface area contributed by atoms with Gasteiger partial charge in [-0.05, 0) is 130 Å². The van der Waals surface area contributed by atoms with Crippen molar-refractivity contribution in [1.82, 2.24) is 9.80 Å². The normalized spacial score (nSPS) is 31.9. The van der Waals surface area contributed by atoms with Gasteiger partial charge in [0.1, 0.15) is 47.1 Å². The molecule has 0 unspecified atom stereocenters. The van der Waals surface area contributed by atoms with E-state index < -0.39 is 79.1 Å². The molecule has 0 saturated carbocycles. The number of hydrogen-bond donors (Lipinski definition) is 5. The highest BCUT2D eigenvalue weighted by atomic mass is 31.2. The molecule has 0 aromatic heterocycles. The van der Waals surface area contributed by atoms with E-state index >= 15 is 0 Å². The number of carbonyl (C=O) groups is 2. The lowest BCUT2D eigenvalue weighted by Gasteiger charge is -2.46. The minimum atomic E-state index is -1.95. The summed E-state index contributed by atoms with van der Waals surface area (Å²) in [6, 6.07) is 32.2. The summed E-state index contributed by atoms with van der Waals surface area (Å²) in [5.74, 6) is -3.31. The number of rotatable bonds is 21. The zero-order valence-corrected chi connectivity index (χ0v) is 47.6. The second-order valence-electron chi connectivity index (χ2n) is 22.9. The maximum absolute atomic E-state index is 14.3. The van der Waals surface area contributed by atoms with E-state index in [4.69, 9.17) is 14.2 Å². The maximum atomic E-state index is 14.3. The molecule has 2 saturated heterocycles. The van der Waals surface area contributed by atoms with Crippen LogP contribution in [-0.2, 0) is 23.8 Å². The number of aliphatic hydroxyl groups excluding tert-OH is 3. The molecule has 2 aliphatic rings. The number of ether oxygens (including phenoxy) is 3. The van der Waals surface area contributed by atoms with Crippen molar-refractivity contribution >= 4 is 35.1 Å². The molecule has 1 amide bonds. The summed E-state index contributed by atoms with van der Waals surface area (Å²) < 4.78 is 18.6. The Morgan fingerprint density at radius 3 is 1.68 bits per heavy atom. The van der Waals surface area contributed by atoms with E-state index in [1.165, 1.54) is 68.3 Å². The monoisotopic (exact) mass is 1050 g/mol. The van der Waals surface area contributed by atoms with Gasteiger partial charge in [0.2, 0.25) is 5.91 Å². The topological polar surface area (TPSA) is 169 Å². The van der Waals surface area contributed by atoms with Crippen LogP contribution < -0.4 is 15.9 Å². The molecule has 0 aliphatic carbocycles. The number of likely N-dealkylation sites (N-methyl/N-ethyl adjacent to an activating group) is 1. The first-order valence-electron chi connectivity index (χ1n) is 28.2. The smallest absolute Gasteiger partial charge is 0.311 e. The molecule has 14 atom stereocenters. The number of aliphatic hydroxyl groups is 5. The van der Waals surface area contributed by atoms with Gasteiger partial charge >= 0.3 is 5.97 Å². The standard InChI is InChI=1S/C61H96N2O10P/c1-11-52-61(8,70)56(67)47(6)63(42-43(2)41-60(7,69)57(45(4)54(65)46(5)58(68)72-52)73-59-55(66)51(62(9)10)40-44(3)71-59)53(64)38-30-19-17-15-13-12-14-16-18-20-31-39-74(48-32-24-21-25-33-48,49-34-26-22-27-35-49)50-36-28-23-29-37-50/h21-29,32-37,43-47,51-52,54-57,59,65-67,69-70H,11-20,30-31,38-42H2,1-10H3/q+1/t43-,44-,45+,46-,47-,51+,52-,54+,55-,56-,57-,59+,60-,61-/m1/s1. The third kappa shape index (κ3) is 15.9. The molecule has 74 heavy (non-hydrogen) atoms. The largest absolute Gasteiger partial charge is 0.459 e. The molecule has 12 nitrogen and oxygen atoms in total. The molecular formula is C61H96N2O10P+. The van der Waals surface area contributed by atoms with Crippen LogP contribution in [0.4, 0.5) is 0 Å². The van der Waals surface area contributed by atoms with Gasteiger partial charge in [-0.15, -0.1) is 0 Å². The van der Waals surface area contributed by atoms with Gasteiger partial charge in [-0.3, -0.25) is 9.59 Å². The van der Waals surface area contributed by atoms with Crippen LogP contribution in [0.15, 0.2) is 91.0 Å². The number of amides is 1. The lowest BCUT2D eigenvalue weighted by atomic mass is 9.78. The van der Waals surface area contributed by atoms with E-state index in [9.17, 15) is 35.1 Å². The first-order valence-corrected chi connectivity index (χ1v) is 30.2. The Bertz CT molecular complexity index is 2000. The van der Waals surface area contributed by atoms with E-state index in [2.05, 4.69) is 91.0 Å². The second-order valence-corrected chi connectivity index (χ2v) is 26.5. The van der Waals surface area contributed by atoms with Crippen LogP contribution >= 0.6 is 7.26 Å². The number of esters is 1. The van der Waals surface area contributed by atoms with E-state index in [1.54, 1.807) is 32.6 Å². The molecule has 2 aliphatic heterocycles. The highest BCUT2D eigenvalue weighted by Crippen LogP contribution is 2.56. The highest BCUT2D eigenvalue weighted by molar-refractivity contribution is 7.95. The average Bonchev–Trinajstić information content (AvgIpc) is 3.38. The Kier molecular flexibility index (Phi) is 24.0. The number of hydrogen-bond acceptors (Lipinski definition) is 11. The van der Waals surface area contributed by atoms with Crippen molar-refractivity contribution in [2.75, 3.05) is 26.8 Å². The third-order valence-corrected chi connectivity index (χ3v) is 21.0. The van der Waals surface area contributed by atoms with E-state index in [0.717, 1.165) is 31.8 Å². The van der Waals surface area contributed by atoms with Crippen molar-refractivity contribution < 1.29 is 49.3 Å². The Morgan fingerprint density at radius 2 is 1.20 bits per heavy atom. The number of cyclic esters (lactones) is 1. The molecule has 3 aromatic rings. The van der Waals surface area contributed by atoms with Crippen LogP contribution in [0, 0.1) is 17.8 Å². The van der Waals surface area contributed by atoms with Crippen molar-refractivity contribution in [2.24, 2.45) is 17.8 Å². The molecule has 5 N–H and O–H groups in total. The molecule has 0 radical (unpaired) electrons. The predicted octanol–water partition coefficient (Wildman–Crippen LogP) is 8.55. The first kappa shape index (κ1) is 61.6. The van der Waals surface area contributed by atoms with Crippen molar-refractivity contribution in [2.45, 2.75) is 218 Å². The van der Waals surface area contributed by atoms with Crippen molar-refractivity contribution in [1.29, 1.82) is 0 Å². The van der Waals surface area contributed by atoms with Crippen molar-refractivity contribution in [3.05, 3.63) is 91.0 Å². The fourth-order valence-corrected chi connectivity index (χ4v) is 16.5. The van der Waals surface area contributed by atoms with Crippen molar-refractivity contribution in [3.8, 4) is 0 Å². The van der Waals surface area contributed by atoms with Gasteiger partial charge in [-0.2, -0.15) is 0 Å². The van der Waals surface area contributed by atoms with Gasteiger partial charge in [-0.25, -0.2) is 0 Å². The van der Waals surface area contributed by atoms with Crippen LogP contribution in [0.1, 0.15) is 152 Å². The fraction of sp³-hybridized carbons (Fsp3) is 0.672. The number of nitrogens with zero attached hydrogens (tertiary/aromatic N) is 2. The van der Waals surface area contributed by atoms with E-state index in [-0.39, 0.29) is 49.8 Å². The molecule has 3 aromatic carbocycles. The lowest BCUT2D eigenvalue weighted by molar-refractivity contribution is -0.299. The fourth-order valence-electron chi connectivity index (χ4n) is 12.1. The number of benzene rings is 3. The molecule has 5 rings (SSSR count). The Labute approximate surface area is 445 Å². The van der Waals surface area contributed by atoms with Crippen LogP contribution in [0.25, 0.3) is 0 Å². The summed E-state index contributed by atoms with van der Waals surface area (Å²) in [5.41, 5.74) is -3.61. The molecule has 13 heteroatoms. The Balaban J connectivity index is 1.16. The van der Waals surface area contributed by atoms with Crippen LogP contribution in [0.3, 0.4) is 0 Å². The van der Waals surface area contributed by atoms with Gasteiger partial charge in [0, 0.05) is 24.9 Å². The molecule has 2 heterocycles. The van der Waals surface area contributed by atoms with Gasteiger partial charge in [0.15, 0.2) is 6.29 Å². The van der Waals surface area contributed by atoms with Crippen LogP contribution in [0.5, 0.6) is 0 Å². The second kappa shape index (κ2) is 28.9. The Morgan fingerprint density at radius 1 is 0.730 bits per heavy atom. The molecule has 414 valence electrons. The summed E-state index contributed by atoms with van der Waals surface area (Å²) >= 11 is 0. The molecule has 0 bridgehead atoms. The van der Waals surface area contributed by atoms with Gasteiger partial charge in [0.05, 0.1) is 42.0 Å². The average molecular weight is 1050 g/mol. The minimum absolute atomic E-state index is 0.0995. The Hall–Kier alpha value is -3.29. The van der Waals surface area contributed by atoms with Crippen LogP contribution in [-0.4, -0.2) is 140 Å². The zero-order chi connectivity index (χ0) is 54.2. The number of unbranched alkanes of at least 4 members (excludes halogenated alkanes) is 10. The predicted molar refractivity (Wildman–Crippen MR) is 299 cm³/mol. The van der Waals surface area contributed by atoms with Gasteiger partial charge in [0.25, 0.3) is 0 Å². The quantitative estimate of drug-likeness (QED) is 0.0394. The van der Waals surface area contributed by atoms with Crippen molar-refractivity contribution in [3.63, 3.8) is 0 Å². The lowest BCUT2D eigenvalue weighted by Crippen LogP contribution is -2.60. The summed E-state index contributed by atoms with van der Waals surface area (Å²) in [7, 11) is 1.95. The maximum Gasteiger partial charge on any atom is 0.311 e. The SMILES string of the molecule is CC[C@H]1OC(=O)[C@H](C)[C@@H](O)[C@H](C)[C@@H](O[C@@H]2O[C@H](C)C[C@H](N(C)C)[C@H]2O)[C@](C)(O)C[C@@H](C)CN(C(=O)CCCCCCCCCCCCC[P+](c2ccccc2)(c2ccccc2)c2ccccc2)[C@H](C)[C@@H](O)[C@]1(C)O. The first-order chi connectivity index (χ1) is 35.2. The molecule has 2 fully saturated rings. The highest BCUT2D eigenvalue weighted by Gasteiger charge is 2.51. The van der Waals surface area contributed by atoms with Crippen LogP contribution in [0.2, 0.25) is 0 Å². The summed E-state index contributed by atoms with van der Waals surface area (Å²) in [6.07, 6.45) is 6.70. The van der Waals surface area contributed by atoms with E-state index in [1.807, 2.05) is 32.8 Å². The minimum Gasteiger partial charge on any atom is -0.459 e.